The maximum Gasteiger partial charge on any atom is 0.408 e. The summed E-state index contributed by atoms with van der Waals surface area (Å²) in [6, 6.07) is 8.39. The molecule has 0 saturated heterocycles. The van der Waals surface area contributed by atoms with Gasteiger partial charge in [0.2, 0.25) is 0 Å². The summed E-state index contributed by atoms with van der Waals surface area (Å²) in [5.41, 5.74) is 0.338. The number of alkyl carbamates (subject to hydrolysis) is 1. The van der Waals surface area contributed by atoms with Gasteiger partial charge in [-0.2, -0.15) is 0 Å². The number of rotatable bonds is 5. The maximum atomic E-state index is 11.6. The zero-order valence-electron chi connectivity index (χ0n) is 12.0. The summed E-state index contributed by atoms with van der Waals surface area (Å²) in [7, 11) is 0. The van der Waals surface area contributed by atoms with E-state index in [4.69, 9.17) is 4.74 Å². The van der Waals surface area contributed by atoms with Crippen molar-refractivity contribution < 1.29 is 19.4 Å². The van der Waals surface area contributed by atoms with Crippen molar-refractivity contribution >= 4 is 12.1 Å². The molecule has 0 aromatic heterocycles. The van der Waals surface area contributed by atoms with Gasteiger partial charge in [0.05, 0.1) is 12.0 Å². The van der Waals surface area contributed by atoms with E-state index in [-0.39, 0.29) is 6.42 Å². The van der Waals surface area contributed by atoms with Gasteiger partial charge in [0.1, 0.15) is 5.60 Å². The molecule has 0 aliphatic rings. The number of benzene rings is 1. The number of hydrogen-bond acceptors (Lipinski definition) is 4. The van der Waals surface area contributed by atoms with E-state index in [1.54, 1.807) is 20.8 Å². The van der Waals surface area contributed by atoms with E-state index in [1.165, 1.54) is 0 Å². The summed E-state index contributed by atoms with van der Waals surface area (Å²) in [6.07, 6.45) is 0.0423. The summed E-state index contributed by atoms with van der Waals surface area (Å²) in [4.78, 5) is 22.6. The number of amides is 1. The largest absolute Gasteiger partial charge is 0.548 e. The smallest absolute Gasteiger partial charge is 0.408 e. The van der Waals surface area contributed by atoms with Crippen LogP contribution in [0.25, 0.3) is 0 Å². The Morgan fingerprint density at radius 3 is 2.35 bits per heavy atom. The molecule has 5 nitrogen and oxygen atoms in total. The molecule has 0 fully saturated rings. The number of carboxylic acid groups (broad SMARTS) is 1. The lowest BCUT2D eigenvalue weighted by Gasteiger charge is -2.24. The standard InChI is InChI=1S/C15H21NO4/c1-15(2,3)20-14(19)16-12(13(17)18)10-9-11-7-5-4-6-8-11/h4-8,12H,9-10H2,1-3H3,(H,16,19)(H,17,18)/p-1/t12-/m0/s1. The fraction of sp³-hybridized carbons (Fsp3) is 0.467. The van der Waals surface area contributed by atoms with E-state index in [0.29, 0.717) is 6.42 Å². The SMILES string of the molecule is CC(C)(C)OC(=O)N[C@@H](CCc1ccccc1)C(=O)[O-]. The second-order valence-electron chi connectivity index (χ2n) is 5.54. The predicted molar refractivity (Wildman–Crippen MR) is 72.9 cm³/mol. The van der Waals surface area contributed by atoms with Gasteiger partial charge in [-0.05, 0) is 39.2 Å². The van der Waals surface area contributed by atoms with Crippen LogP contribution in [0.4, 0.5) is 4.79 Å². The topological polar surface area (TPSA) is 78.5 Å². The Bertz CT molecular complexity index is 451. The summed E-state index contributed by atoms with van der Waals surface area (Å²) in [5, 5.41) is 13.4. The lowest BCUT2D eigenvalue weighted by atomic mass is 10.1. The summed E-state index contributed by atoms with van der Waals surface area (Å²) >= 11 is 0. The molecule has 1 aromatic carbocycles. The van der Waals surface area contributed by atoms with Gasteiger partial charge in [-0.3, -0.25) is 0 Å². The molecule has 1 atom stereocenters. The van der Waals surface area contributed by atoms with Crippen molar-refractivity contribution in [3.8, 4) is 0 Å². The quantitative estimate of drug-likeness (QED) is 0.879. The molecular formula is C15H20NO4-. The van der Waals surface area contributed by atoms with Gasteiger partial charge in [0.25, 0.3) is 0 Å². The molecule has 110 valence electrons. The van der Waals surface area contributed by atoms with Crippen LogP contribution in [-0.4, -0.2) is 23.7 Å². The highest BCUT2D eigenvalue weighted by molar-refractivity contribution is 5.78. The fourth-order valence-corrected chi connectivity index (χ4v) is 1.65. The third kappa shape index (κ3) is 6.22. The Labute approximate surface area is 118 Å². The van der Waals surface area contributed by atoms with Crippen LogP contribution in [0.2, 0.25) is 0 Å². The van der Waals surface area contributed by atoms with E-state index in [9.17, 15) is 14.7 Å². The second kappa shape index (κ2) is 6.93. The molecule has 1 rings (SSSR count). The van der Waals surface area contributed by atoms with Crippen LogP contribution in [0.3, 0.4) is 0 Å². The highest BCUT2D eigenvalue weighted by atomic mass is 16.6. The van der Waals surface area contributed by atoms with E-state index in [1.807, 2.05) is 30.3 Å². The number of ether oxygens (including phenoxy) is 1. The third-order valence-electron chi connectivity index (χ3n) is 2.54. The van der Waals surface area contributed by atoms with Gasteiger partial charge in [-0.15, -0.1) is 0 Å². The molecule has 5 heteroatoms. The van der Waals surface area contributed by atoms with Crippen LogP contribution in [0.1, 0.15) is 32.8 Å². The first kappa shape index (κ1) is 16.0. The average Bonchev–Trinajstić information content (AvgIpc) is 2.33. The first-order valence-corrected chi connectivity index (χ1v) is 6.52. The number of aryl methyl sites for hydroxylation is 1. The van der Waals surface area contributed by atoms with Crippen molar-refractivity contribution in [3.63, 3.8) is 0 Å². The number of carbonyl (C=O) groups is 2. The van der Waals surface area contributed by atoms with E-state index in [2.05, 4.69) is 5.32 Å². The minimum atomic E-state index is -1.31. The second-order valence-corrected chi connectivity index (χ2v) is 5.54. The van der Waals surface area contributed by atoms with Crippen molar-refractivity contribution in [1.29, 1.82) is 0 Å². The molecule has 1 aromatic rings. The van der Waals surface area contributed by atoms with Gasteiger partial charge >= 0.3 is 6.09 Å². The molecule has 1 amide bonds. The Hall–Kier alpha value is -2.04. The van der Waals surface area contributed by atoms with E-state index >= 15 is 0 Å². The van der Waals surface area contributed by atoms with E-state index in [0.717, 1.165) is 5.56 Å². The Morgan fingerprint density at radius 2 is 1.85 bits per heavy atom. The Balaban J connectivity index is 2.53. The highest BCUT2D eigenvalue weighted by Crippen LogP contribution is 2.08. The minimum Gasteiger partial charge on any atom is -0.548 e. The molecule has 0 unspecified atom stereocenters. The van der Waals surface area contributed by atoms with Gasteiger partial charge < -0.3 is 20.0 Å². The van der Waals surface area contributed by atoms with Crippen molar-refractivity contribution in [1.82, 2.24) is 5.32 Å². The molecule has 0 saturated carbocycles. The zero-order chi connectivity index (χ0) is 15.2. The Morgan fingerprint density at radius 1 is 1.25 bits per heavy atom. The average molecular weight is 278 g/mol. The molecule has 1 N–H and O–H groups in total. The number of carbonyl (C=O) groups excluding carboxylic acids is 2. The van der Waals surface area contributed by atoms with Crippen molar-refractivity contribution in [3.05, 3.63) is 35.9 Å². The van der Waals surface area contributed by atoms with Crippen LogP contribution in [0.5, 0.6) is 0 Å². The lowest BCUT2D eigenvalue weighted by Crippen LogP contribution is -2.49. The molecular weight excluding hydrogens is 258 g/mol. The van der Waals surface area contributed by atoms with Gasteiger partial charge in [0.15, 0.2) is 0 Å². The number of carboxylic acids is 1. The van der Waals surface area contributed by atoms with Crippen LogP contribution in [0, 0.1) is 0 Å². The van der Waals surface area contributed by atoms with Crippen molar-refractivity contribution in [2.24, 2.45) is 0 Å². The van der Waals surface area contributed by atoms with Gasteiger partial charge in [-0.25, -0.2) is 4.79 Å². The van der Waals surface area contributed by atoms with Crippen molar-refractivity contribution in [2.75, 3.05) is 0 Å². The van der Waals surface area contributed by atoms with Crippen LogP contribution in [-0.2, 0) is 16.0 Å². The minimum absolute atomic E-state index is 0.256. The number of nitrogens with one attached hydrogen (secondary N) is 1. The highest BCUT2D eigenvalue weighted by Gasteiger charge is 2.20. The summed E-state index contributed by atoms with van der Waals surface area (Å²) in [6.45, 7) is 5.14. The van der Waals surface area contributed by atoms with Crippen LogP contribution in [0.15, 0.2) is 30.3 Å². The zero-order valence-corrected chi connectivity index (χ0v) is 12.0. The fourth-order valence-electron chi connectivity index (χ4n) is 1.65. The molecule has 0 bridgehead atoms. The molecule has 20 heavy (non-hydrogen) atoms. The van der Waals surface area contributed by atoms with Crippen LogP contribution < -0.4 is 10.4 Å². The van der Waals surface area contributed by atoms with Crippen molar-refractivity contribution in [2.45, 2.75) is 45.3 Å². The van der Waals surface area contributed by atoms with Gasteiger partial charge in [-0.1, -0.05) is 30.3 Å². The first-order valence-electron chi connectivity index (χ1n) is 6.52. The molecule has 0 heterocycles. The van der Waals surface area contributed by atoms with Gasteiger partial charge in [0, 0.05) is 0 Å². The molecule has 0 aliphatic heterocycles. The lowest BCUT2D eigenvalue weighted by molar-refractivity contribution is -0.308. The predicted octanol–water partition coefficient (Wildman–Crippen LogP) is 1.26. The molecule has 0 spiro atoms. The maximum absolute atomic E-state index is 11.6. The number of aliphatic carboxylic acids is 1. The third-order valence-corrected chi connectivity index (χ3v) is 2.54. The number of hydrogen-bond donors (Lipinski definition) is 1. The Kier molecular flexibility index (Phi) is 5.55. The first-order chi connectivity index (χ1) is 9.28. The normalized spacial score (nSPS) is 12.6. The van der Waals surface area contributed by atoms with Crippen LogP contribution >= 0.6 is 0 Å². The molecule has 0 radical (unpaired) electrons. The summed E-state index contributed by atoms with van der Waals surface area (Å²) in [5.74, 6) is -1.31. The van der Waals surface area contributed by atoms with E-state index < -0.39 is 23.7 Å². The molecule has 0 aliphatic carbocycles. The summed E-state index contributed by atoms with van der Waals surface area (Å²) < 4.78 is 5.03. The monoisotopic (exact) mass is 278 g/mol.